The van der Waals surface area contributed by atoms with E-state index in [2.05, 4.69) is 0 Å². The van der Waals surface area contributed by atoms with E-state index < -0.39 is 17.7 Å². The first-order valence-electron chi connectivity index (χ1n) is 10.9. The van der Waals surface area contributed by atoms with Gasteiger partial charge in [-0.15, -0.1) is 0 Å². The van der Waals surface area contributed by atoms with Crippen molar-refractivity contribution in [2.24, 2.45) is 0 Å². The van der Waals surface area contributed by atoms with Gasteiger partial charge in [-0.1, -0.05) is 18.2 Å². The molecular weight excluding hydrogens is 448 g/mol. The molecule has 0 N–H and O–H groups in total. The Kier molecular flexibility index (Phi) is 6.46. The summed E-state index contributed by atoms with van der Waals surface area (Å²) in [6.45, 7) is 3.64. The molecule has 8 nitrogen and oxygen atoms in total. The smallest absolute Gasteiger partial charge is 0.263 e. The predicted molar refractivity (Wildman–Crippen MR) is 131 cm³/mol. The molecule has 35 heavy (non-hydrogen) atoms. The number of amides is 3. The van der Waals surface area contributed by atoms with Crippen molar-refractivity contribution in [3.63, 3.8) is 0 Å². The number of carbonyl (C=O) groups is 3. The number of nitrogens with zero attached hydrogens (tertiary/aromatic N) is 2. The first kappa shape index (κ1) is 23.8. The van der Waals surface area contributed by atoms with Crippen LogP contribution in [-0.4, -0.2) is 50.6 Å². The largest absolute Gasteiger partial charge is 0.493 e. The fourth-order valence-corrected chi connectivity index (χ4v) is 4.03. The maximum absolute atomic E-state index is 13.9. The normalized spacial score (nSPS) is 12.4. The van der Waals surface area contributed by atoms with Crippen LogP contribution in [0.15, 0.2) is 54.6 Å². The van der Waals surface area contributed by atoms with Crippen LogP contribution in [0.1, 0.15) is 42.2 Å². The summed E-state index contributed by atoms with van der Waals surface area (Å²) in [6.07, 6.45) is 0. The van der Waals surface area contributed by atoms with Gasteiger partial charge >= 0.3 is 0 Å². The van der Waals surface area contributed by atoms with E-state index in [1.165, 1.54) is 26.2 Å². The van der Waals surface area contributed by atoms with Crippen LogP contribution in [0, 0.1) is 13.8 Å². The molecule has 0 aliphatic carbocycles. The van der Waals surface area contributed by atoms with E-state index in [9.17, 15) is 14.4 Å². The Labute approximate surface area is 203 Å². The van der Waals surface area contributed by atoms with Gasteiger partial charge in [0.1, 0.15) is 6.67 Å². The summed E-state index contributed by atoms with van der Waals surface area (Å²) in [7, 11) is 4.41. The lowest BCUT2D eigenvalue weighted by Gasteiger charge is -2.28. The second-order valence-corrected chi connectivity index (χ2v) is 8.14. The minimum Gasteiger partial charge on any atom is -0.493 e. The molecule has 3 amide bonds. The van der Waals surface area contributed by atoms with Gasteiger partial charge < -0.3 is 14.2 Å². The number of aryl methyl sites for hydroxylation is 2. The quantitative estimate of drug-likeness (QED) is 0.477. The fraction of sp³-hybridized carbons (Fsp3) is 0.222. The first-order valence-corrected chi connectivity index (χ1v) is 10.9. The van der Waals surface area contributed by atoms with Gasteiger partial charge in [0.25, 0.3) is 17.7 Å². The van der Waals surface area contributed by atoms with Crippen LogP contribution >= 0.6 is 0 Å². The molecule has 0 radical (unpaired) electrons. The molecule has 0 atom stereocenters. The van der Waals surface area contributed by atoms with E-state index in [0.717, 1.165) is 16.0 Å². The number of hydrogen-bond acceptors (Lipinski definition) is 6. The minimum absolute atomic E-state index is 0.245. The van der Waals surface area contributed by atoms with Crippen molar-refractivity contribution in [2.75, 3.05) is 32.9 Å². The maximum atomic E-state index is 13.9. The van der Waals surface area contributed by atoms with Gasteiger partial charge in [0, 0.05) is 11.3 Å². The Bertz CT molecular complexity index is 1270. The zero-order chi connectivity index (χ0) is 25.3. The van der Waals surface area contributed by atoms with Crippen molar-refractivity contribution in [3.05, 3.63) is 82.4 Å². The standard InChI is InChI=1S/C27H26N2O6/c1-16-10-11-19(12-17(16)2)28(15-29-26(31)20-8-6-7-9-21(20)27(29)32)25(30)18-13-22(33-3)24(35-5)23(14-18)34-4/h6-14H,15H2,1-5H3. The third-order valence-corrected chi connectivity index (χ3v) is 6.12. The average molecular weight is 475 g/mol. The topological polar surface area (TPSA) is 85.4 Å². The molecule has 0 spiro atoms. The summed E-state index contributed by atoms with van der Waals surface area (Å²) < 4.78 is 16.2. The van der Waals surface area contributed by atoms with Crippen molar-refractivity contribution in [2.45, 2.75) is 13.8 Å². The first-order chi connectivity index (χ1) is 16.8. The molecule has 1 aliphatic rings. The van der Waals surface area contributed by atoms with Gasteiger partial charge in [0.15, 0.2) is 11.5 Å². The molecular formula is C27H26N2O6. The number of carbonyl (C=O) groups excluding carboxylic acids is 3. The van der Waals surface area contributed by atoms with Gasteiger partial charge in [-0.25, -0.2) is 0 Å². The van der Waals surface area contributed by atoms with E-state index in [-0.39, 0.29) is 12.2 Å². The van der Waals surface area contributed by atoms with E-state index in [4.69, 9.17) is 14.2 Å². The molecule has 3 aromatic rings. The minimum atomic E-state index is -0.447. The van der Waals surface area contributed by atoms with Crippen molar-refractivity contribution in [1.29, 1.82) is 0 Å². The number of ether oxygens (including phenoxy) is 3. The Morgan fingerprint density at radius 3 is 1.86 bits per heavy atom. The van der Waals surface area contributed by atoms with Crippen molar-refractivity contribution < 1.29 is 28.6 Å². The Morgan fingerprint density at radius 2 is 1.37 bits per heavy atom. The SMILES string of the molecule is COc1cc(C(=O)N(CN2C(=O)c3ccccc3C2=O)c2ccc(C)c(C)c2)cc(OC)c1OC. The molecule has 0 saturated carbocycles. The molecule has 180 valence electrons. The van der Waals surface area contributed by atoms with Gasteiger partial charge in [0.05, 0.1) is 32.5 Å². The monoisotopic (exact) mass is 474 g/mol. The summed E-state index contributed by atoms with van der Waals surface area (Å²) in [5.74, 6) is -0.352. The van der Waals surface area contributed by atoms with Gasteiger partial charge in [-0.3, -0.25) is 24.2 Å². The zero-order valence-electron chi connectivity index (χ0n) is 20.2. The van der Waals surface area contributed by atoms with Crippen LogP contribution in [0.5, 0.6) is 17.2 Å². The molecule has 0 unspecified atom stereocenters. The van der Waals surface area contributed by atoms with E-state index in [1.807, 2.05) is 26.0 Å². The molecule has 0 aromatic heterocycles. The summed E-state index contributed by atoms with van der Waals surface area (Å²) in [4.78, 5) is 42.5. The highest BCUT2D eigenvalue weighted by molar-refractivity contribution is 6.22. The molecule has 4 rings (SSSR count). The van der Waals surface area contributed by atoms with E-state index in [1.54, 1.807) is 42.5 Å². The third-order valence-electron chi connectivity index (χ3n) is 6.12. The van der Waals surface area contributed by atoms with Crippen molar-refractivity contribution in [1.82, 2.24) is 4.90 Å². The Hall–Kier alpha value is -4.33. The van der Waals surface area contributed by atoms with Crippen LogP contribution < -0.4 is 19.1 Å². The van der Waals surface area contributed by atoms with Crippen LogP contribution in [0.25, 0.3) is 0 Å². The third kappa shape index (κ3) is 4.19. The highest BCUT2D eigenvalue weighted by Gasteiger charge is 2.37. The van der Waals surface area contributed by atoms with Crippen LogP contribution in [-0.2, 0) is 0 Å². The zero-order valence-corrected chi connectivity index (χ0v) is 20.2. The predicted octanol–water partition coefficient (Wildman–Crippen LogP) is 4.23. The lowest BCUT2D eigenvalue weighted by molar-refractivity contribution is 0.0650. The van der Waals surface area contributed by atoms with Gasteiger partial charge in [0.2, 0.25) is 5.75 Å². The number of hydrogen-bond donors (Lipinski definition) is 0. The Morgan fingerprint density at radius 1 is 0.800 bits per heavy atom. The molecule has 0 saturated heterocycles. The molecule has 3 aromatic carbocycles. The van der Waals surface area contributed by atoms with Crippen LogP contribution in [0.2, 0.25) is 0 Å². The highest BCUT2D eigenvalue weighted by Crippen LogP contribution is 2.39. The second kappa shape index (κ2) is 9.50. The molecule has 8 heteroatoms. The number of imide groups is 1. The fourth-order valence-electron chi connectivity index (χ4n) is 4.03. The Balaban J connectivity index is 1.79. The summed E-state index contributed by atoms with van der Waals surface area (Å²) >= 11 is 0. The summed E-state index contributed by atoms with van der Waals surface area (Å²) in [5, 5.41) is 0. The molecule has 1 heterocycles. The highest BCUT2D eigenvalue weighted by atomic mass is 16.5. The summed E-state index contributed by atoms with van der Waals surface area (Å²) in [5.41, 5.74) is 3.44. The van der Waals surface area contributed by atoms with E-state index >= 15 is 0 Å². The van der Waals surface area contributed by atoms with Crippen LogP contribution in [0.3, 0.4) is 0 Å². The van der Waals surface area contributed by atoms with Crippen molar-refractivity contribution in [3.8, 4) is 17.2 Å². The molecule has 0 bridgehead atoms. The molecule has 0 fully saturated rings. The number of methoxy groups -OCH3 is 3. The number of benzene rings is 3. The summed E-state index contributed by atoms with van der Waals surface area (Å²) in [6, 6.07) is 15.2. The number of rotatable bonds is 7. The lowest BCUT2D eigenvalue weighted by Crippen LogP contribution is -2.44. The van der Waals surface area contributed by atoms with Gasteiger partial charge in [-0.2, -0.15) is 0 Å². The number of fused-ring (bicyclic) bond motifs is 1. The lowest BCUT2D eigenvalue weighted by atomic mass is 10.1. The van der Waals surface area contributed by atoms with E-state index in [0.29, 0.717) is 34.1 Å². The van der Waals surface area contributed by atoms with Gasteiger partial charge in [-0.05, 0) is 61.4 Å². The van der Waals surface area contributed by atoms with Crippen molar-refractivity contribution >= 4 is 23.4 Å². The number of anilines is 1. The average Bonchev–Trinajstić information content (AvgIpc) is 3.12. The van der Waals surface area contributed by atoms with Crippen LogP contribution in [0.4, 0.5) is 5.69 Å². The maximum Gasteiger partial charge on any atom is 0.263 e. The molecule has 1 aliphatic heterocycles. The second-order valence-electron chi connectivity index (χ2n) is 8.14.